The fraction of sp³-hybridized carbons (Fsp3) is 1.00. The van der Waals surface area contributed by atoms with Crippen molar-refractivity contribution in [1.29, 1.82) is 0 Å². The number of nitrogens with two attached hydrogens (primary N) is 1. The van der Waals surface area contributed by atoms with E-state index in [2.05, 4.69) is 10.6 Å². The average molecular weight is 131 g/mol. The van der Waals surface area contributed by atoms with Gasteiger partial charge >= 0.3 is 0 Å². The molecule has 0 saturated heterocycles. The van der Waals surface area contributed by atoms with Gasteiger partial charge in [-0.05, 0) is 33.5 Å². The predicted molar refractivity (Wildman–Crippen MR) is 40.2 cm³/mol. The van der Waals surface area contributed by atoms with Crippen molar-refractivity contribution in [3.8, 4) is 0 Å². The summed E-state index contributed by atoms with van der Waals surface area (Å²) in [7, 11) is 3.83. The van der Waals surface area contributed by atoms with E-state index in [0.717, 1.165) is 19.4 Å². The van der Waals surface area contributed by atoms with E-state index in [4.69, 9.17) is 5.73 Å². The van der Waals surface area contributed by atoms with Crippen molar-refractivity contribution in [2.45, 2.75) is 19.0 Å². The zero-order chi connectivity index (χ0) is 7.11. The zero-order valence-corrected chi connectivity index (χ0v) is 6.28. The van der Waals surface area contributed by atoms with Crippen LogP contribution in [0, 0.1) is 0 Å². The predicted octanol–water partition coefficient (Wildman–Crippen LogP) is -0.510. The third-order valence-electron chi connectivity index (χ3n) is 1.31. The molecule has 0 aliphatic carbocycles. The van der Waals surface area contributed by atoms with Crippen molar-refractivity contribution in [2.24, 2.45) is 5.73 Å². The summed E-state index contributed by atoms with van der Waals surface area (Å²) in [6.45, 7) is 1.05. The van der Waals surface area contributed by atoms with Crippen LogP contribution in [0.2, 0.25) is 0 Å². The van der Waals surface area contributed by atoms with Gasteiger partial charge < -0.3 is 16.4 Å². The van der Waals surface area contributed by atoms with Crippen LogP contribution in [0.3, 0.4) is 0 Å². The zero-order valence-electron chi connectivity index (χ0n) is 6.28. The maximum Gasteiger partial charge on any atom is 0.0544 e. The molecule has 0 spiro atoms. The van der Waals surface area contributed by atoms with E-state index in [9.17, 15) is 0 Å². The molecule has 0 aromatic carbocycles. The first kappa shape index (κ1) is 8.88. The van der Waals surface area contributed by atoms with Crippen LogP contribution in [0.4, 0.5) is 0 Å². The van der Waals surface area contributed by atoms with Crippen molar-refractivity contribution < 1.29 is 0 Å². The normalized spacial score (nSPS) is 13.7. The van der Waals surface area contributed by atoms with Gasteiger partial charge in [-0.2, -0.15) is 0 Å². The first-order valence-electron chi connectivity index (χ1n) is 3.38. The Bertz CT molecular complexity index is 56.3. The highest BCUT2D eigenvalue weighted by molar-refractivity contribution is 4.54. The van der Waals surface area contributed by atoms with Crippen LogP contribution >= 0.6 is 0 Å². The molecule has 56 valence electrons. The van der Waals surface area contributed by atoms with Crippen LogP contribution in [0.1, 0.15) is 12.8 Å². The smallest absolute Gasteiger partial charge is 0.0544 e. The van der Waals surface area contributed by atoms with Crippen molar-refractivity contribution in [3.63, 3.8) is 0 Å². The van der Waals surface area contributed by atoms with E-state index in [1.807, 2.05) is 14.1 Å². The lowest BCUT2D eigenvalue weighted by Gasteiger charge is -2.08. The summed E-state index contributed by atoms with van der Waals surface area (Å²) in [5, 5.41) is 6.04. The molecule has 0 fully saturated rings. The average Bonchev–Trinajstić information content (AvgIpc) is 1.89. The molecule has 9 heavy (non-hydrogen) atoms. The Hall–Kier alpha value is -0.120. The van der Waals surface area contributed by atoms with Gasteiger partial charge in [0.15, 0.2) is 0 Å². The van der Waals surface area contributed by atoms with E-state index in [0.29, 0.717) is 0 Å². The lowest BCUT2D eigenvalue weighted by Crippen LogP contribution is -2.34. The van der Waals surface area contributed by atoms with Gasteiger partial charge in [0.1, 0.15) is 0 Å². The van der Waals surface area contributed by atoms with Crippen LogP contribution in [-0.4, -0.2) is 26.8 Å². The van der Waals surface area contributed by atoms with E-state index >= 15 is 0 Å². The molecule has 0 amide bonds. The number of hydrogen-bond acceptors (Lipinski definition) is 3. The third-order valence-corrected chi connectivity index (χ3v) is 1.31. The molecular formula is C6H17N3. The van der Waals surface area contributed by atoms with Gasteiger partial charge in [-0.25, -0.2) is 0 Å². The summed E-state index contributed by atoms with van der Waals surface area (Å²) in [4.78, 5) is 0. The molecule has 0 bridgehead atoms. The van der Waals surface area contributed by atoms with Crippen molar-refractivity contribution in [3.05, 3.63) is 0 Å². The maximum atomic E-state index is 5.57. The molecule has 0 rings (SSSR count). The number of nitrogens with one attached hydrogen (secondary N) is 2. The maximum absolute atomic E-state index is 5.57. The highest BCUT2D eigenvalue weighted by atomic mass is 15.0. The van der Waals surface area contributed by atoms with Crippen LogP contribution in [0.15, 0.2) is 0 Å². The Morgan fingerprint density at radius 2 is 2.11 bits per heavy atom. The SMILES string of the molecule is CNCCCC(N)NC. The van der Waals surface area contributed by atoms with Crippen molar-refractivity contribution in [2.75, 3.05) is 20.6 Å². The molecule has 0 radical (unpaired) electrons. The fourth-order valence-corrected chi connectivity index (χ4v) is 0.643. The summed E-state index contributed by atoms with van der Waals surface area (Å²) in [5.41, 5.74) is 5.57. The van der Waals surface area contributed by atoms with E-state index in [1.54, 1.807) is 0 Å². The van der Waals surface area contributed by atoms with Gasteiger partial charge in [0.25, 0.3) is 0 Å². The molecule has 0 aromatic rings. The number of hydrogen-bond donors (Lipinski definition) is 3. The Morgan fingerprint density at radius 1 is 1.44 bits per heavy atom. The minimum Gasteiger partial charge on any atom is -0.320 e. The standard InChI is InChI=1S/C6H17N3/c1-8-5-3-4-6(7)9-2/h6,8-9H,3-5,7H2,1-2H3. The minimum absolute atomic E-state index is 0.165. The molecule has 1 atom stereocenters. The highest BCUT2D eigenvalue weighted by Crippen LogP contribution is 1.87. The van der Waals surface area contributed by atoms with Gasteiger partial charge in [0.05, 0.1) is 6.17 Å². The Morgan fingerprint density at radius 3 is 2.56 bits per heavy atom. The Balaban J connectivity index is 2.88. The summed E-state index contributed by atoms with van der Waals surface area (Å²) in [6, 6.07) is 0. The second kappa shape index (κ2) is 6.01. The van der Waals surface area contributed by atoms with Gasteiger partial charge in [0, 0.05) is 0 Å². The monoisotopic (exact) mass is 131 g/mol. The number of rotatable bonds is 5. The molecule has 3 nitrogen and oxygen atoms in total. The highest BCUT2D eigenvalue weighted by Gasteiger charge is 1.94. The third kappa shape index (κ3) is 5.76. The Kier molecular flexibility index (Phi) is 5.93. The van der Waals surface area contributed by atoms with Crippen LogP contribution in [-0.2, 0) is 0 Å². The van der Waals surface area contributed by atoms with Crippen LogP contribution in [0.25, 0.3) is 0 Å². The summed E-state index contributed by atoms with van der Waals surface area (Å²) in [6.07, 6.45) is 2.34. The fourth-order valence-electron chi connectivity index (χ4n) is 0.643. The molecule has 0 saturated carbocycles. The van der Waals surface area contributed by atoms with Gasteiger partial charge in [-0.1, -0.05) is 0 Å². The lowest BCUT2D eigenvalue weighted by atomic mass is 10.2. The lowest BCUT2D eigenvalue weighted by molar-refractivity contribution is 0.513. The van der Waals surface area contributed by atoms with E-state index in [1.165, 1.54) is 0 Å². The van der Waals surface area contributed by atoms with E-state index in [-0.39, 0.29) is 6.17 Å². The largest absolute Gasteiger partial charge is 0.320 e. The van der Waals surface area contributed by atoms with Gasteiger partial charge in [-0.15, -0.1) is 0 Å². The van der Waals surface area contributed by atoms with Crippen LogP contribution < -0.4 is 16.4 Å². The molecule has 0 aromatic heterocycles. The quantitative estimate of drug-likeness (QED) is 0.348. The molecular weight excluding hydrogens is 114 g/mol. The minimum atomic E-state index is 0.165. The summed E-state index contributed by atoms with van der Waals surface area (Å²) in [5.74, 6) is 0. The second-order valence-corrected chi connectivity index (χ2v) is 2.14. The van der Waals surface area contributed by atoms with E-state index < -0.39 is 0 Å². The first-order valence-corrected chi connectivity index (χ1v) is 3.38. The second-order valence-electron chi connectivity index (χ2n) is 2.14. The van der Waals surface area contributed by atoms with Gasteiger partial charge in [-0.3, -0.25) is 0 Å². The van der Waals surface area contributed by atoms with Crippen molar-refractivity contribution >= 4 is 0 Å². The van der Waals surface area contributed by atoms with Gasteiger partial charge in [0.2, 0.25) is 0 Å². The molecule has 0 aliphatic rings. The molecule has 4 N–H and O–H groups in total. The molecule has 0 aliphatic heterocycles. The Labute approximate surface area is 57.0 Å². The molecule has 1 unspecified atom stereocenters. The summed E-state index contributed by atoms with van der Waals surface area (Å²) < 4.78 is 0. The molecule has 3 heteroatoms. The topological polar surface area (TPSA) is 50.1 Å². The molecule has 0 heterocycles. The summed E-state index contributed by atoms with van der Waals surface area (Å²) >= 11 is 0. The first-order chi connectivity index (χ1) is 4.31. The van der Waals surface area contributed by atoms with Crippen molar-refractivity contribution in [1.82, 2.24) is 10.6 Å². The van der Waals surface area contributed by atoms with Crippen LogP contribution in [0.5, 0.6) is 0 Å².